The maximum atomic E-state index is 12.1. The Morgan fingerprint density at radius 1 is 1.22 bits per heavy atom. The molecular formula is C19H30N2O2. The third kappa shape index (κ3) is 5.96. The number of likely N-dealkylation sites (tertiary alicyclic amines) is 1. The second kappa shape index (κ2) is 9.04. The number of nitrogens with one attached hydrogen (secondary N) is 1. The summed E-state index contributed by atoms with van der Waals surface area (Å²) in [7, 11) is 1.67. The highest BCUT2D eigenvalue weighted by Gasteiger charge is 2.21. The summed E-state index contributed by atoms with van der Waals surface area (Å²) in [5.41, 5.74) is 1.79. The van der Waals surface area contributed by atoms with Crippen molar-refractivity contribution in [2.75, 3.05) is 33.3 Å². The normalized spacial score (nSPS) is 22.0. The van der Waals surface area contributed by atoms with Gasteiger partial charge in [-0.3, -0.25) is 4.79 Å². The molecule has 0 saturated carbocycles. The van der Waals surface area contributed by atoms with Gasteiger partial charge < -0.3 is 15.0 Å². The van der Waals surface area contributed by atoms with E-state index in [2.05, 4.69) is 24.1 Å². The van der Waals surface area contributed by atoms with Gasteiger partial charge in [0.25, 0.3) is 5.91 Å². The topological polar surface area (TPSA) is 41.6 Å². The standard InChI is InChI=1S/C19H30N2O2/c1-15-11-16(2)13-21(12-15)10-4-9-20-19(22)18-7-5-17(6-8-18)14-23-3/h5-8,15-16H,4,9-14H2,1-3H3,(H,20,22)/t15-,16-/m0/s1. The Hall–Kier alpha value is -1.39. The van der Waals surface area contributed by atoms with Gasteiger partial charge in [0.15, 0.2) is 0 Å². The summed E-state index contributed by atoms with van der Waals surface area (Å²) in [5.74, 6) is 1.59. The van der Waals surface area contributed by atoms with Crippen LogP contribution in [0.5, 0.6) is 0 Å². The molecule has 4 nitrogen and oxygen atoms in total. The summed E-state index contributed by atoms with van der Waals surface area (Å²) >= 11 is 0. The maximum absolute atomic E-state index is 12.1. The Bertz CT molecular complexity index is 477. The molecular weight excluding hydrogens is 288 g/mol. The smallest absolute Gasteiger partial charge is 0.251 e. The Morgan fingerprint density at radius 3 is 2.48 bits per heavy atom. The van der Waals surface area contributed by atoms with Crippen molar-refractivity contribution in [1.29, 1.82) is 0 Å². The van der Waals surface area contributed by atoms with Crippen LogP contribution in [0.15, 0.2) is 24.3 Å². The fourth-order valence-corrected chi connectivity index (χ4v) is 3.50. The number of amides is 1. The minimum absolute atomic E-state index is 0.00865. The zero-order valence-electron chi connectivity index (χ0n) is 14.7. The van der Waals surface area contributed by atoms with Crippen molar-refractivity contribution < 1.29 is 9.53 Å². The van der Waals surface area contributed by atoms with Crippen molar-refractivity contribution in [2.45, 2.75) is 33.3 Å². The van der Waals surface area contributed by atoms with Crippen LogP contribution in [-0.2, 0) is 11.3 Å². The van der Waals surface area contributed by atoms with E-state index in [1.54, 1.807) is 7.11 Å². The Labute approximate surface area is 140 Å². The van der Waals surface area contributed by atoms with E-state index in [4.69, 9.17) is 4.74 Å². The van der Waals surface area contributed by atoms with Crippen molar-refractivity contribution in [2.24, 2.45) is 11.8 Å². The zero-order valence-corrected chi connectivity index (χ0v) is 14.7. The second-order valence-corrected chi connectivity index (χ2v) is 6.95. The first kappa shape index (κ1) is 18.0. The number of hydrogen-bond acceptors (Lipinski definition) is 3. The Balaban J connectivity index is 1.68. The lowest BCUT2D eigenvalue weighted by molar-refractivity contribution is 0.0947. The molecule has 0 aliphatic carbocycles. The summed E-state index contributed by atoms with van der Waals surface area (Å²) in [5, 5.41) is 3.02. The molecule has 1 fully saturated rings. The van der Waals surface area contributed by atoms with E-state index in [9.17, 15) is 4.79 Å². The highest BCUT2D eigenvalue weighted by molar-refractivity contribution is 5.94. The SMILES string of the molecule is COCc1ccc(C(=O)NCCCN2C[C@@H](C)C[C@H](C)C2)cc1. The van der Waals surface area contributed by atoms with Crippen molar-refractivity contribution >= 4 is 5.91 Å². The molecule has 1 saturated heterocycles. The Morgan fingerprint density at radius 2 is 1.87 bits per heavy atom. The quantitative estimate of drug-likeness (QED) is 0.786. The maximum Gasteiger partial charge on any atom is 0.251 e. The minimum Gasteiger partial charge on any atom is -0.380 e. The van der Waals surface area contributed by atoms with Gasteiger partial charge in [-0.1, -0.05) is 26.0 Å². The first-order valence-corrected chi connectivity index (χ1v) is 8.67. The van der Waals surface area contributed by atoms with E-state index in [-0.39, 0.29) is 5.91 Å². The van der Waals surface area contributed by atoms with E-state index in [1.165, 1.54) is 19.5 Å². The van der Waals surface area contributed by atoms with Gasteiger partial charge in [-0.2, -0.15) is 0 Å². The van der Waals surface area contributed by atoms with Crippen molar-refractivity contribution in [3.8, 4) is 0 Å². The highest BCUT2D eigenvalue weighted by Crippen LogP contribution is 2.20. The third-order valence-electron chi connectivity index (χ3n) is 4.41. The molecule has 0 aromatic heterocycles. The Kier molecular flexibility index (Phi) is 7.06. The summed E-state index contributed by atoms with van der Waals surface area (Å²) in [4.78, 5) is 14.6. The van der Waals surface area contributed by atoms with Crippen LogP contribution in [0.1, 0.15) is 42.6 Å². The molecule has 0 radical (unpaired) electrons. The van der Waals surface area contributed by atoms with E-state index >= 15 is 0 Å². The summed E-state index contributed by atoms with van der Waals surface area (Å²) < 4.78 is 5.08. The number of benzene rings is 1. The molecule has 1 heterocycles. The lowest BCUT2D eigenvalue weighted by Gasteiger charge is -2.34. The lowest BCUT2D eigenvalue weighted by Crippen LogP contribution is -2.40. The number of carbonyl (C=O) groups is 1. The molecule has 1 aliphatic heterocycles. The molecule has 0 bridgehead atoms. The molecule has 23 heavy (non-hydrogen) atoms. The lowest BCUT2D eigenvalue weighted by atomic mass is 9.92. The molecule has 2 rings (SSSR count). The van der Waals surface area contributed by atoms with E-state index in [0.29, 0.717) is 12.2 Å². The predicted octanol–water partition coefficient (Wildman–Crippen LogP) is 2.93. The number of piperidine rings is 1. The number of rotatable bonds is 7. The van der Waals surface area contributed by atoms with E-state index in [1.807, 2.05) is 24.3 Å². The van der Waals surface area contributed by atoms with Gasteiger partial charge >= 0.3 is 0 Å². The molecule has 1 amide bonds. The zero-order chi connectivity index (χ0) is 16.7. The van der Waals surface area contributed by atoms with Crippen LogP contribution in [0.4, 0.5) is 0 Å². The summed E-state index contributed by atoms with van der Waals surface area (Å²) in [6, 6.07) is 7.60. The second-order valence-electron chi connectivity index (χ2n) is 6.95. The van der Waals surface area contributed by atoms with Crippen molar-refractivity contribution in [3.05, 3.63) is 35.4 Å². The fraction of sp³-hybridized carbons (Fsp3) is 0.632. The van der Waals surface area contributed by atoms with Crippen molar-refractivity contribution in [1.82, 2.24) is 10.2 Å². The summed E-state index contributed by atoms with van der Waals surface area (Å²) in [6.45, 7) is 9.43. The fourth-order valence-electron chi connectivity index (χ4n) is 3.50. The molecule has 1 aliphatic rings. The molecule has 2 atom stereocenters. The van der Waals surface area contributed by atoms with Gasteiger partial charge in [-0.25, -0.2) is 0 Å². The molecule has 1 aromatic carbocycles. The minimum atomic E-state index is 0.00865. The largest absolute Gasteiger partial charge is 0.380 e. The van der Waals surface area contributed by atoms with Gasteiger partial charge in [0.1, 0.15) is 0 Å². The number of nitrogens with zero attached hydrogens (tertiary/aromatic N) is 1. The molecule has 128 valence electrons. The average molecular weight is 318 g/mol. The van der Waals surface area contributed by atoms with E-state index in [0.717, 1.165) is 36.9 Å². The number of carbonyl (C=O) groups excluding carboxylic acids is 1. The van der Waals surface area contributed by atoms with Crippen LogP contribution < -0.4 is 5.32 Å². The molecule has 0 spiro atoms. The van der Waals surface area contributed by atoms with E-state index < -0.39 is 0 Å². The van der Waals surface area contributed by atoms with Crippen LogP contribution in [0.25, 0.3) is 0 Å². The first-order chi connectivity index (χ1) is 11.1. The number of ether oxygens (including phenoxy) is 1. The van der Waals surface area contributed by atoms with Crippen LogP contribution in [-0.4, -0.2) is 44.1 Å². The average Bonchev–Trinajstić information content (AvgIpc) is 2.51. The molecule has 4 heteroatoms. The highest BCUT2D eigenvalue weighted by atomic mass is 16.5. The number of hydrogen-bond donors (Lipinski definition) is 1. The van der Waals surface area contributed by atoms with Gasteiger partial charge in [-0.05, 0) is 48.9 Å². The van der Waals surface area contributed by atoms with Crippen LogP contribution in [0.2, 0.25) is 0 Å². The predicted molar refractivity (Wildman–Crippen MR) is 93.5 cm³/mol. The third-order valence-corrected chi connectivity index (χ3v) is 4.41. The van der Waals surface area contributed by atoms with Crippen molar-refractivity contribution in [3.63, 3.8) is 0 Å². The van der Waals surface area contributed by atoms with Crippen LogP contribution in [0.3, 0.4) is 0 Å². The molecule has 1 N–H and O–H groups in total. The van der Waals surface area contributed by atoms with Gasteiger partial charge in [0.05, 0.1) is 6.61 Å². The molecule has 0 unspecified atom stereocenters. The molecule has 1 aromatic rings. The number of methoxy groups -OCH3 is 1. The summed E-state index contributed by atoms with van der Waals surface area (Å²) in [6.07, 6.45) is 2.35. The first-order valence-electron chi connectivity index (χ1n) is 8.67. The van der Waals surface area contributed by atoms with Gasteiger partial charge in [0.2, 0.25) is 0 Å². The van der Waals surface area contributed by atoms with Crippen LogP contribution in [0, 0.1) is 11.8 Å². The van der Waals surface area contributed by atoms with Gasteiger partial charge in [-0.15, -0.1) is 0 Å². The van der Waals surface area contributed by atoms with Gasteiger partial charge in [0, 0.05) is 32.3 Å². The monoisotopic (exact) mass is 318 g/mol. The van der Waals surface area contributed by atoms with Crippen LogP contribution >= 0.6 is 0 Å².